The van der Waals surface area contributed by atoms with Crippen molar-refractivity contribution < 1.29 is 9.18 Å². The number of pyridine rings is 1. The molecule has 27 heavy (non-hydrogen) atoms. The van der Waals surface area contributed by atoms with E-state index in [1.54, 1.807) is 36.7 Å². The van der Waals surface area contributed by atoms with E-state index in [9.17, 15) is 9.18 Å². The molecule has 0 radical (unpaired) electrons. The number of fused-ring (bicyclic) bond motifs is 1. The van der Waals surface area contributed by atoms with Crippen LogP contribution < -0.4 is 5.32 Å². The van der Waals surface area contributed by atoms with Crippen molar-refractivity contribution in [3.63, 3.8) is 0 Å². The summed E-state index contributed by atoms with van der Waals surface area (Å²) >= 11 is 0. The Labute approximate surface area is 156 Å². The number of H-pyrrole nitrogens is 1. The van der Waals surface area contributed by atoms with E-state index in [1.165, 1.54) is 6.07 Å². The molecule has 0 aliphatic rings. The van der Waals surface area contributed by atoms with Crippen molar-refractivity contribution in [3.05, 3.63) is 95.7 Å². The van der Waals surface area contributed by atoms with Gasteiger partial charge in [-0.2, -0.15) is 0 Å². The van der Waals surface area contributed by atoms with Crippen molar-refractivity contribution in [2.24, 2.45) is 0 Å². The largest absolute Gasteiger partial charge is 0.358 e. The van der Waals surface area contributed by atoms with E-state index in [0.29, 0.717) is 17.7 Å². The summed E-state index contributed by atoms with van der Waals surface area (Å²) in [5, 5.41) is 3.86. The minimum atomic E-state index is -0.247. The summed E-state index contributed by atoms with van der Waals surface area (Å²) in [7, 11) is 0. The zero-order valence-corrected chi connectivity index (χ0v) is 14.6. The fraction of sp³-hybridized carbons (Fsp3) is 0.0909. The molecule has 2 aromatic heterocycles. The molecule has 134 valence electrons. The Morgan fingerprint density at radius 2 is 1.74 bits per heavy atom. The summed E-state index contributed by atoms with van der Waals surface area (Å²) in [4.78, 5) is 19.9. The van der Waals surface area contributed by atoms with Gasteiger partial charge in [0.15, 0.2) is 0 Å². The minimum Gasteiger partial charge on any atom is -0.358 e. The van der Waals surface area contributed by atoms with E-state index in [0.717, 1.165) is 22.2 Å². The van der Waals surface area contributed by atoms with Crippen LogP contribution in [0.25, 0.3) is 10.9 Å². The van der Waals surface area contributed by atoms with Gasteiger partial charge in [-0.3, -0.25) is 9.78 Å². The molecule has 0 saturated carbocycles. The van der Waals surface area contributed by atoms with E-state index in [4.69, 9.17) is 0 Å². The summed E-state index contributed by atoms with van der Waals surface area (Å²) in [6, 6.07) is 18.0. The van der Waals surface area contributed by atoms with Gasteiger partial charge >= 0.3 is 0 Å². The van der Waals surface area contributed by atoms with E-state index in [2.05, 4.69) is 15.3 Å². The molecule has 0 unspecified atom stereocenters. The molecule has 0 aliphatic carbocycles. The molecule has 2 heterocycles. The molecule has 0 atom stereocenters. The maximum absolute atomic E-state index is 14.1. The molecule has 2 N–H and O–H groups in total. The highest BCUT2D eigenvalue weighted by molar-refractivity contribution is 5.96. The lowest BCUT2D eigenvalue weighted by Crippen LogP contribution is -2.15. The summed E-state index contributed by atoms with van der Waals surface area (Å²) in [5.41, 5.74) is 3.98. The monoisotopic (exact) mass is 359 g/mol. The molecule has 1 amide bonds. The SMILES string of the molecule is O=C(Cc1c(Cc2ccccc2F)[nH]c2ccccc12)Nc1ccncc1. The van der Waals surface area contributed by atoms with Crippen molar-refractivity contribution in [2.75, 3.05) is 5.32 Å². The van der Waals surface area contributed by atoms with E-state index in [-0.39, 0.29) is 18.1 Å². The van der Waals surface area contributed by atoms with Gasteiger partial charge in [0, 0.05) is 41.1 Å². The van der Waals surface area contributed by atoms with Crippen molar-refractivity contribution in [1.82, 2.24) is 9.97 Å². The lowest BCUT2D eigenvalue weighted by Gasteiger charge is -2.08. The van der Waals surface area contributed by atoms with Gasteiger partial charge < -0.3 is 10.3 Å². The highest BCUT2D eigenvalue weighted by Crippen LogP contribution is 2.26. The molecule has 0 saturated heterocycles. The Bertz CT molecular complexity index is 1090. The highest BCUT2D eigenvalue weighted by atomic mass is 19.1. The molecule has 0 spiro atoms. The number of amides is 1. The Kier molecular flexibility index (Phi) is 4.66. The van der Waals surface area contributed by atoms with Crippen LogP contribution in [-0.4, -0.2) is 15.9 Å². The fourth-order valence-corrected chi connectivity index (χ4v) is 3.24. The molecule has 0 aliphatic heterocycles. The zero-order chi connectivity index (χ0) is 18.6. The Morgan fingerprint density at radius 1 is 1.00 bits per heavy atom. The zero-order valence-electron chi connectivity index (χ0n) is 14.6. The first kappa shape index (κ1) is 17.0. The van der Waals surface area contributed by atoms with Crippen LogP contribution in [-0.2, 0) is 17.6 Å². The number of rotatable bonds is 5. The molecule has 2 aromatic carbocycles. The van der Waals surface area contributed by atoms with Crippen molar-refractivity contribution >= 4 is 22.5 Å². The minimum absolute atomic E-state index is 0.124. The quantitative estimate of drug-likeness (QED) is 0.552. The molecule has 4 aromatic rings. The summed E-state index contributed by atoms with van der Waals surface area (Å²) in [6.45, 7) is 0. The molecular formula is C22H18FN3O. The van der Waals surface area contributed by atoms with Gasteiger partial charge in [-0.05, 0) is 35.4 Å². The second kappa shape index (κ2) is 7.41. The molecular weight excluding hydrogens is 341 g/mol. The van der Waals surface area contributed by atoms with Gasteiger partial charge in [0.25, 0.3) is 0 Å². The van der Waals surface area contributed by atoms with Crippen LogP contribution in [0.2, 0.25) is 0 Å². The highest BCUT2D eigenvalue weighted by Gasteiger charge is 2.16. The summed E-state index contributed by atoms with van der Waals surface area (Å²) < 4.78 is 14.1. The summed E-state index contributed by atoms with van der Waals surface area (Å²) in [6.07, 6.45) is 3.87. The van der Waals surface area contributed by atoms with Gasteiger partial charge in [-0.15, -0.1) is 0 Å². The normalized spacial score (nSPS) is 10.9. The van der Waals surface area contributed by atoms with Gasteiger partial charge in [0.05, 0.1) is 6.42 Å². The Balaban J connectivity index is 1.66. The number of carbonyl (C=O) groups is 1. The molecule has 4 rings (SSSR count). The average Bonchev–Trinajstić information content (AvgIpc) is 3.02. The predicted molar refractivity (Wildman–Crippen MR) is 104 cm³/mol. The average molecular weight is 359 g/mol. The molecule has 0 bridgehead atoms. The first-order valence-electron chi connectivity index (χ1n) is 8.72. The van der Waals surface area contributed by atoms with E-state index >= 15 is 0 Å². The van der Waals surface area contributed by atoms with Gasteiger partial charge in [0.1, 0.15) is 5.82 Å². The van der Waals surface area contributed by atoms with Crippen LogP contribution in [0.1, 0.15) is 16.8 Å². The smallest absolute Gasteiger partial charge is 0.228 e. The standard InChI is InChI=1S/C22H18FN3O/c23-19-7-3-1-5-15(19)13-21-18(17-6-2-4-8-20(17)26-21)14-22(27)25-16-9-11-24-12-10-16/h1-12,26H,13-14H2,(H,24,25,27). The van der Waals surface area contributed by atoms with Crippen LogP contribution in [0, 0.1) is 5.82 Å². The van der Waals surface area contributed by atoms with Crippen molar-refractivity contribution in [3.8, 4) is 0 Å². The first-order valence-corrected chi connectivity index (χ1v) is 8.72. The molecule has 0 fully saturated rings. The molecule has 5 heteroatoms. The Hall–Kier alpha value is -3.47. The number of nitrogens with zero attached hydrogens (tertiary/aromatic N) is 1. The number of para-hydroxylation sites is 1. The number of aromatic nitrogens is 2. The van der Waals surface area contributed by atoms with Crippen molar-refractivity contribution in [2.45, 2.75) is 12.8 Å². The number of halogens is 1. The number of aromatic amines is 1. The van der Waals surface area contributed by atoms with Crippen LogP contribution in [0.5, 0.6) is 0 Å². The third-order valence-corrected chi connectivity index (χ3v) is 4.53. The number of carbonyl (C=O) groups excluding carboxylic acids is 1. The summed E-state index contributed by atoms with van der Waals surface area (Å²) in [5.74, 6) is -0.371. The second-order valence-electron chi connectivity index (χ2n) is 6.36. The van der Waals surface area contributed by atoms with Crippen molar-refractivity contribution in [1.29, 1.82) is 0 Å². The van der Waals surface area contributed by atoms with Crippen LogP contribution in [0.4, 0.5) is 10.1 Å². The van der Waals surface area contributed by atoms with Crippen LogP contribution in [0.3, 0.4) is 0 Å². The van der Waals surface area contributed by atoms with Gasteiger partial charge in [-0.25, -0.2) is 4.39 Å². The predicted octanol–water partition coefficient (Wildman–Crippen LogP) is 4.47. The number of nitrogens with one attached hydrogen (secondary N) is 2. The van der Waals surface area contributed by atoms with Gasteiger partial charge in [-0.1, -0.05) is 36.4 Å². The Morgan fingerprint density at radius 3 is 2.56 bits per heavy atom. The van der Waals surface area contributed by atoms with Gasteiger partial charge in [0.2, 0.25) is 5.91 Å². The first-order chi connectivity index (χ1) is 13.2. The maximum atomic E-state index is 14.1. The lowest BCUT2D eigenvalue weighted by molar-refractivity contribution is -0.115. The number of benzene rings is 2. The maximum Gasteiger partial charge on any atom is 0.228 e. The topological polar surface area (TPSA) is 57.8 Å². The number of hydrogen-bond donors (Lipinski definition) is 2. The van der Waals surface area contributed by atoms with Crippen LogP contribution >= 0.6 is 0 Å². The number of anilines is 1. The third kappa shape index (κ3) is 3.72. The van der Waals surface area contributed by atoms with Crippen LogP contribution in [0.15, 0.2) is 73.1 Å². The molecule has 4 nitrogen and oxygen atoms in total. The number of hydrogen-bond acceptors (Lipinski definition) is 2. The third-order valence-electron chi connectivity index (χ3n) is 4.53. The second-order valence-corrected chi connectivity index (χ2v) is 6.36. The fourth-order valence-electron chi connectivity index (χ4n) is 3.24. The lowest BCUT2D eigenvalue weighted by atomic mass is 10.0. The van der Waals surface area contributed by atoms with E-state index < -0.39 is 0 Å². The van der Waals surface area contributed by atoms with E-state index in [1.807, 2.05) is 30.3 Å².